The van der Waals surface area contributed by atoms with Crippen molar-refractivity contribution in [2.45, 2.75) is 17.5 Å². The van der Waals surface area contributed by atoms with E-state index in [-0.39, 0.29) is 5.56 Å². The van der Waals surface area contributed by atoms with E-state index in [1.54, 1.807) is 18.8 Å². The fourth-order valence-electron chi connectivity index (χ4n) is 4.04. The largest absolute Gasteiger partial charge is 0.332 e. The van der Waals surface area contributed by atoms with E-state index in [2.05, 4.69) is 24.3 Å². The van der Waals surface area contributed by atoms with Gasteiger partial charge >= 0.3 is 5.69 Å². The Morgan fingerprint density at radius 1 is 0.879 bits per heavy atom. The molecular weight excluding hydrogens is 456 g/mol. The molecular formula is C25H21ClN4O2S. The van der Waals surface area contributed by atoms with Crippen LogP contribution in [0, 0.1) is 0 Å². The number of aromatic nitrogens is 4. The quantitative estimate of drug-likeness (QED) is 0.348. The molecule has 0 unspecified atom stereocenters. The van der Waals surface area contributed by atoms with Crippen LogP contribution in [0.4, 0.5) is 0 Å². The Morgan fingerprint density at radius 3 is 2.39 bits per heavy atom. The summed E-state index contributed by atoms with van der Waals surface area (Å²) in [7, 11) is 3.12. The summed E-state index contributed by atoms with van der Waals surface area (Å²) in [6, 6.07) is 22.0. The highest BCUT2D eigenvalue weighted by molar-refractivity contribution is 7.98. The molecule has 0 bridgehead atoms. The molecule has 8 heteroatoms. The van der Waals surface area contributed by atoms with Gasteiger partial charge in [0.1, 0.15) is 0 Å². The van der Waals surface area contributed by atoms with Gasteiger partial charge in [-0.25, -0.2) is 9.78 Å². The molecule has 0 fully saturated rings. The molecule has 0 saturated carbocycles. The minimum atomic E-state index is -0.402. The van der Waals surface area contributed by atoms with Crippen LogP contribution in [0.1, 0.15) is 11.1 Å². The van der Waals surface area contributed by atoms with Crippen molar-refractivity contribution in [3.05, 3.63) is 104 Å². The maximum atomic E-state index is 13.1. The van der Waals surface area contributed by atoms with Gasteiger partial charge in [0.15, 0.2) is 16.3 Å². The van der Waals surface area contributed by atoms with Crippen molar-refractivity contribution in [1.82, 2.24) is 18.7 Å². The summed E-state index contributed by atoms with van der Waals surface area (Å²) in [6.45, 7) is 0.376. The van der Waals surface area contributed by atoms with Crippen LogP contribution >= 0.6 is 23.4 Å². The zero-order valence-corrected chi connectivity index (χ0v) is 19.7. The molecule has 0 aliphatic carbocycles. The summed E-state index contributed by atoms with van der Waals surface area (Å²) in [5.74, 6) is 0.668. The number of halogens is 1. The average Bonchev–Trinajstić information content (AvgIpc) is 3.19. The number of hydrogen-bond donors (Lipinski definition) is 0. The first kappa shape index (κ1) is 21.6. The third-order valence-corrected chi connectivity index (χ3v) is 7.23. The van der Waals surface area contributed by atoms with Gasteiger partial charge in [0.2, 0.25) is 0 Å². The number of hydrogen-bond acceptors (Lipinski definition) is 4. The molecule has 0 aliphatic rings. The van der Waals surface area contributed by atoms with Crippen LogP contribution in [-0.4, -0.2) is 18.7 Å². The molecule has 0 N–H and O–H groups in total. The number of benzene rings is 3. The van der Waals surface area contributed by atoms with Gasteiger partial charge in [0.05, 0.1) is 6.54 Å². The second-order valence-corrected chi connectivity index (χ2v) is 9.23. The summed E-state index contributed by atoms with van der Waals surface area (Å²) < 4.78 is 4.40. The van der Waals surface area contributed by atoms with Gasteiger partial charge in [-0.2, -0.15) is 0 Å². The van der Waals surface area contributed by atoms with E-state index < -0.39 is 5.69 Å². The molecule has 2 aromatic heterocycles. The van der Waals surface area contributed by atoms with Crippen LogP contribution < -0.4 is 11.2 Å². The Bertz CT molecular complexity index is 1630. The van der Waals surface area contributed by atoms with Crippen molar-refractivity contribution in [3.8, 4) is 0 Å². The maximum Gasteiger partial charge on any atom is 0.332 e. The molecule has 0 saturated heterocycles. The molecule has 5 aromatic rings. The van der Waals surface area contributed by atoms with Gasteiger partial charge in [-0.1, -0.05) is 84.0 Å². The third-order valence-electron chi connectivity index (χ3n) is 5.84. The van der Waals surface area contributed by atoms with E-state index in [1.165, 1.54) is 28.0 Å². The summed E-state index contributed by atoms with van der Waals surface area (Å²) in [5, 5.41) is 3.64. The van der Waals surface area contributed by atoms with Gasteiger partial charge in [0, 0.05) is 24.9 Å². The molecule has 0 atom stereocenters. The first-order valence-corrected chi connectivity index (χ1v) is 11.8. The molecule has 0 spiro atoms. The topological polar surface area (TPSA) is 61.8 Å². The van der Waals surface area contributed by atoms with Crippen molar-refractivity contribution in [2.75, 3.05) is 0 Å². The second kappa shape index (κ2) is 8.57. The monoisotopic (exact) mass is 476 g/mol. The predicted octanol–water partition coefficient (Wildman–Crippen LogP) is 4.58. The molecule has 0 aliphatic heterocycles. The molecule has 3 aromatic carbocycles. The highest BCUT2D eigenvalue weighted by Gasteiger charge is 2.20. The summed E-state index contributed by atoms with van der Waals surface area (Å²) in [5.41, 5.74) is 2.04. The lowest BCUT2D eigenvalue weighted by molar-refractivity contribution is 0.696. The number of thioether (sulfide) groups is 1. The Balaban J connectivity index is 1.65. The highest BCUT2D eigenvalue weighted by atomic mass is 35.5. The molecule has 6 nitrogen and oxygen atoms in total. The fourth-order valence-corrected chi connectivity index (χ4v) is 5.24. The minimum absolute atomic E-state index is 0.371. The first-order chi connectivity index (χ1) is 16.0. The van der Waals surface area contributed by atoms with Crippen LogP contribution in [-0.2, 0) is 26.4 Å². The molecule has 0 amide bonds. The molecule has 5 rings (SSSR count). The average molecular weight is 477 g/mol. The number of nitrogens with zero attached hydrogens (tertiary/aromatic N) is 4. The van der Waals surface area contributed by atoms with E-state index >= 15 is 0 Å². The molecule has 33 heavy (non-hydrogen) atoms. The molecule has 166 valence electrons. The van der Waals surface area contributed by atoms with Crippen LogP contribution in [0.25, 0.3) is 21.9 Å². The molecule has 2 heterocycles. The Labute approximate surface area is 199 Å². The van der Waals surface area contributed by atoms with E-state index in [0.29, 0.717) is 33.6 Å². The smallest absolute Gasteiger partial charge is 0.309 e. The van der Waals surface area contributed by atoms with E-state index in [4.69, 9.17) is 16.6 Å². The molecule has 0 radical (unpaired) electrons. The standard InChI is InChI=1S/C25H21ClN4O2S/c1-28-22-21(23(31)29(2)25(28)32)30(14-17-9-4-6-13-20(17)26)24(27-22)33-15-18-11-7-10-16-8-3-5-12-19(16)18/h3-13H,14-15H2,1-2H3. The SMILES string of the molecule is Cn1c(=O)c2c(nc(SCc3cccc4ccccc34)n2Cc2ccccc2Cl)n(C)c1=O. The second-order valence-electron chi connectivity index (χ2n) is 7.88. The van der Waals surface area contributed by atoms with Gasteiger partial charge in [-0.3, -0.25) is 13.9 Å². The normalized spacial score (nSPS) is 11.5. The Morgan fingerprint density at radius 2 is 1.58 bits per heavy atom. The zero-order chi connectivity index (χ0) is 23.1. The summed E-state index contributed by atoms with van der Waals surface area (Å²) in [4.78, 5) is 30.3. The van der Waals surface area contributed by atoms with Crippen LogP contribution in [0.15, 0.2) is 81.5 Å². The summed E-state index contributed by atoms with van der Waals surface area (Å²) in [6.07, 6.45) is 0. The van der Waals surface area contributed by atoms with Crippen molar-refractivity contribution in [3.63, 3.8) is 0 Å². The Hall–Kier alpha value is -3.29. The minimum Gasteiger partial charge on any atom is -0.309 e. The van der Waals surface area contributed by atoms with Gasteiger partial charge in [-0.05, 0) is 28.0 Å². The predicted molar refractivity (Wildman–Crippen MR) is 134 cm³/mol. The lowest BCUT2D eigenvalue weighted by Gasteiger charge is -2.11. The van der Waals surface area contributed by atoms with Crippen molar-refractivity contribution in [2.24, 2.45) is 14.1 Å². The van der Waals surface area contributed by atoms with Crippen molar-refractivity contribution >= 4 is 45.3 Å². The van der Waals surface area contributed by atoms with Gasteiger partial charge < -0.3 is 4.57 Å². The van der Waals surface area contributed by atoms with E-state index in [9.17, 15) is 9.59 Å². The van der Waals surface area contributed by atoms with E-state index in [0.717, 1.165) is 10.1 Å². The van der Waals surface area contributed by atoms with Crippen LogP contribution in [0.2, 0.25) is 5.02 Å². The lowest BCUT2D eigenvalue weighted by atomic mass is 10.1. The maximum absolute atomic E-state index is 13.1. The third kappa shape index (κ3) is 3.77. The van der Waals surface area contributed by atoms with Gasteiger partial charge in [0.25, 0.3) is 5.56 Å². The van der Waals surface area contributed by atoms with E-state index in [1.807, 2.05) is 47.0 Å². The highest BCUT2D eigenvalue weighted by Crippen LogP contribution is 2.30. The summed E-state index contributed by atoms with van der Waals surface area (Å²) >= 11 is 7.97. The number of fused-ring (bicyclic) bond motifs is 2. The zero-order valence-electron chi connectivity index (χ0n) is 18.2. The lowest BCUT2D eigenvalue weighted by Crippen LogP contribution is -2.37. The Kier molecular flexibility index (Phi) is 5.60. The van der Waals surface area contributed by atoms with Crippen molar-refractivity contribution in [1.29, 1.82) is 0 Å². The number of aryl methyl sites for hydroxylation is 1. The van der Waals surface area contributed by atoms with Gasteiger partial charge in [-0.15, -0.1) is 0 Å². The van der Waals surface area contributed by atoms with Crippen molar-refractivity contribution < 1.29 is 0 Å². The number of imidazole rings is 1. The van der Waals surface area contributed by atoms with Crippen LogP contribution in [0.3, 0.4) is 0 Å². The van der Waals surface area contributed by atoms with Crippen LogP contribution in [0.5, 0.6) is 0 Å². The first-order valence-electron chi connectivity index (χ1n) is 10.4. The fraction of sp³-hybridized carbons (Fsp3) is 0.160. The number of rotatable bonds is 5.